The number of benzene rings is 1. The van der Waals surface area contributed by atoms with Gasteiger partial charge in [-0.3, -0.25) is 9.59 Å². The van der Waals surface area contributed by atoms with Gasteiger partial charge in [0, 0.05) is 17.7 Å². The predicted molar refractivity (Wildman–Crippen MR) is 119 cm³/mol. The summed E-state index contributed by atoms with van der Waals surface area (Å²) in [5.74, 6) is 0.523. The first-order valence-electron chi connectivity index (χ1n) is 9.97. The average molecular weight is 412 g/mol. The van der Waals surface area contributed by atoms with Gasteiger partial charge < -0.3 is 10.3 Å². The molecule has 0 spiro atoms. The van der Waals surface area contributed by atoms with Crippen LogP contribution in [0.5, 0.6) is 0 Å². The Morgan fingerprint density at radius 2 is 1.90 bits per heavy atom. The summed E-state index contributed by atoms with van der Waals surface area (Å²) in [6.07, 6.45) is 1.53. The van der Waals surface area contributed by atoms with Crippen LogP contribution in [0.25, 0.3) is 10.2 Å². The van der Waals surface area contributed by atoms with E-state index in [1.807, 2.05) is 44.2 Å². The van der Waals surface area contributed by atoms with E-state index in [0.29, 0.717) is 17.6 Å². The molecule has 0 radical (unpaired) electrons. The van der Waals surface area contributed by atoms with E-state index in [0.717, 1.165) is 27.3 Å². The summed E-state index contributed by atoms with van der Waals surface area (Å²) >= 11 is 1.52. The fraction of sp³-hybridized carbons (Fsp3) is 0.435. The zero-order valence-electron chi connectivity index (χ0n) is 17.8. The Labute approximate surface area is 175 Å². The molecule has 1 amide bonds. The zero-order valence-corrected chi connectivity index (χ0v) is 18.6. The second-order valence-electron chi connectivity index (χ2n) is 8.77. The van der Waals surface area contributed by atoms with Crippen molar-refractivity contribution in [3.8, 4) is 0 Å². The number of nitrogens with zero attached hydrogens (tertiary/aromatic N) is 1. The molecule has 1 unspecified atom stereocenters. The van der Waals surface area contributed by atoms with Crippen molar-refractivity contribution in [2.45, 2.75) is 59.9 Å². The van der Waals surface area contributed by atoms with Crippen molar-refractivity contribution in [1.29, 1.82) is 0 Å². The number of aryl methyl sites for hydroxylation is 3. The van der Waals surface area contributed by atoms with Crippen LogP contribution >= 0.6 is 11.3 Å². The number of nitrogens with one attached hydrogen (secondary N) is 2. The number of rotatable bonds is 6. The third kappa shape index (κ3) is 5.32. The minimum absolute atomic E-state index is 0.0376. The Kier molecular flexibility index (Phi) is 6.22. The lowest BCUT2D eigenvalue weighted by Gasteiger charge is -2.27. The van der Waals surface area contributed by atoms with E-state index in [2.05, 4.69) is 36.1 Å². The van der Waals surface area contributed by atoms with Gasteiger partial charge >= 0.3 is 0 Å². The van der Waals surface area contributed by atoms with E-state index >= 15 is 0 Å². The highest BCUT2D eigenvalue weighted by Crippen LogP contribution is 2.29. The number of aromatic nitrogens is 2. The number of aromatic amines is 1. The van der Waals surface area contributed by atoms with Crippen molar-refractivity contribution in [3.05, 3.63) is 62.5 Å². The molecule has 29 heavy (non-hydrogen) atoms. The number of carbonyl (C=O) groups is 1. The number of hydrogen-bond acceptors (Lipinski definition) is 4. The standard InChI is InChI=1S/C23H29N3O2S/c1-14-15(2)29-22-20(14)21(28)25-18(26-22)11-12-19(27)24-17(13-23(3,4)5)16-9-7-6-8-10-16/h6-10,17H,11-13H2,1-5H3,(H,24,27)(H,25,26,28). The fourth-order valence-corrected chi connectivity index (χ4v) is 4.51. The van der Waals surface area contributed by atoms with Crippen molar-refractivity contribution < 1.29 is 4.79 Å². The van der Waals surface area contributed by atoms with Gasteiger partial charge in [-0.25, -0.2) is 4.98 Å². The summed E-state index contributed by atoms with van der Waals surface area (Å²) in [4.78, 5) is 34.3. The minimum atomic E-state index is -0.123. The van der Waals surface area contributed by atoms with Crippen LogP contribution in [0.4, 0.5) is 0 Å². The number of carbonyl (C=O) groups excluding carboxylic acids is 1. The molecule has 0 aliphatic carbocycles. The molecule has 0 saturated carbocycles. The molecule has 1 atom stereocenters. The third-order valence-corrected chi connectivity index (χ3v) is 6.13. The molecular formula is C23H29N3O2S. The average Bonchev–Trinajstić information content (AvgIpc) is 2.93. The van der Waals surface area contributed by atoms with Crippen LogP contribution in [0.2, 0.25) is 0 Å². The van der Waals surface area contributed by atoms with Gasteiger partial charge in [-0.1, -0.05) is 51.1 Å². The summed E-state index contributed by atoms with van der Waals surface area (Å²) < 4.78 is 0. The van der Waals surface area contributed by atoms with Crippen molar-refractivity contribution in [2.75, 3.05) is 0 Å². The highest BCUT2D eigenvalue weighted by Gasteiger charge is 2.22. The first-order chi connectivity index (χ1) is 13.6. The van der Waals surface area contributed by atoms with Crippen molar-refractivity contribution in [2.24, 2.45) is 5.41 Å². The maximum atomic E-state index is 12.7. The molecule has 3 rings (SSSR count). The Balaban J connectivity index is 1.71. The van der Waals surface area contributed by atoms with E-state index in [9.17, 15) is 9.59 Å². The van der Waals surface area contributed by atoms with Crippen LogP contribution in [0.15, 0.2) is 35.1 Å². The molecule has 2 N–H and O–H groups in total. The predicted octanol–water partition coefficient (Wildman–Crippen LogP) is 4.83. The Morgan fingerprint density at radius 3 is 2.55 bits per heavy atom. The Morgan fingerprint density at radius 1 is 1.21 bits per heavy atom. The highest BCUT2D eigenvalue weighted by atomic mass is 32.1. The largest absolute Gasteiger partial charge is 0.349 e. The summed E-state index contributed by atoms with van der Waals surface area (Å²) in [6.45, 7) is 10.4. The third-order valence-electron chi connectivity index (χ3n) is 5.03. The van der Waals surface area contributed by atoms with Gasteiger partial charge in [0.25, 0.3) is 5.56 Å². The van der Waals surface area contributed by atoms with Crippen LogP contribution in [-0.4, -0.2) is 15.9 Å². The second-order valence-corrected chi connectivity index (χ2v) is 9.97. The highest BCUT2D eigenvalue weighted by molar-refractivity contribution is 7.18. The van der Waals surface area contributed by atoms with Gasteiger partial charge in [-0.15, -0.1) is 11.3 Å². The molecule has 154 valence electrons. The van der Waals surface area contributed by atoms with Crippen LogP contribution in [0.3, 0.4) is 0 Å². The van der Waals surface area contributed by atoms with Crippen LogP contribution in [0.1, 0.15) is 61.5 Å². The maximum absolute atomic E-state index is 12.7. The van der Waals surface area contributed by atoms with Gasteiger partial charge in [-0.2, -0.15) is 0 Å². The van der Waals surface area contributed by atoms with Crippen LogP contribution in [0, 0.1) is 19.3 Å². The van der Waals surface area contributed by atoms with Crippen LogP contribution < -0.4 is 10.9 Å². The van der Waals surface area contributed by atoms with E-state index in [1.54, 1.807) is 0 Å². The second kappa shape index (κ2) is 8.49. The van der Waals surface area contributed by atoms with E-state index < -0.39 is 0 Å². The molecule has 0 aliphatic heterocycles. The molecular weight excluding hydrogens is 382 g/mol. The molecule has 0 aliphatic rings. The van der Waals surface area contributed by atoms with E-state index in [1.165, 1.54) is 11.3 Å². The molecule has 1 aromatic carbocycles. The normalized spacial score (nSPS) is 12.9. The molecule has 0 fully saturated rings. The monoisotopic (exact) mass is 411 g/mol. The van der Waals surface area contributed by atoms with E-state index in [-0.39, 0.29) is 29.3 Å². The summed E-state index contributed by atoms with van der Waals surface area (Å²) in [5, 5.41) is 3.83. The molecule has 3 aromatic rings. The fourth-order valence-electron chi connectivity index (χ4n) is 3.47. The molecule has 2 aromatic heterocycles. The van der Waals surface area contributed by atoms with Gasteiger partial charge in [-0.05, 0) is 36.8 Å². The first-order valence-corrected chi connectivity index (χ1v) is 10.8. The molecule has 6 heteroatoms. The van der Waals surface area contributed by atoms with Crippen molar-refractivity contribution >= 4 is 27.5 Å². The number of thiophene rings is 1. The number of amides is 1. The van der Waals surface area contributed by atoms with Gasteiger partial charge in [0.1, 0.15) is 10.7 Å². The van der Waals surface area contributed by atoms with Crippen molar-refractivity contribution in [3.63, 3.8) is 0 Å². The lowest BCUT2D eigenvalue weighted by Crippen LogP contribution is -2.31. The number of hydrogen-bond donors (Lipinski definition) is 2. The lowest BCUT2D eigenvalue weighted by atomic mass is 9.85. The molecule has 2 heterocycles. The minimum Gasteiger partial charge on any atom is -0.349 e. The maximum Gasteiger partial charge on any atom is 0.259 e. The topological polar surface area (TPSA) is 74.8 Å². The Bertz CT molecular complexity index is 1060. The smallest absolute Gasteiger partial charge is 0.259 e. The van der Waals surface area contributed by atoms with Gasteiger partial charge in [0.2, 0.25) is 5.91 Å². The quantitative estimate of drug-likeness (QED) is 0.610. The lowest BCUT2D eigenvalue weighted by molar-refractivity contribution is -0.122. The zero-order chi connectivity index (χ0) is 21.2. The Hall–Kier alpha value is -2.47. The van der Waals surface area contributed by atoms with Gasteiger partial charge in [0.15, 0.2) is 0 Å². The molecule has 0 saturated heterocycles. The number of H-pyrrole nitrogens is 1. The van der Waals surface area contributed by atoms with Crippen LogP contribution in [-0.2, 0) is 11.2 Å². The van der Waals surface area contributed by atoms with E-state index in [4.69, 9.17) is 0 Å². The SMILES string of the molecule is Cc1sc2nc(CCC(=O)NC(CC(C)(C)C)c3ccccc3)[nH]c(=O)c2c1C. The van der Waals surface area contributed by atoms with Gasteiger partial charge in [0.05, 0.1) is 11.4 Å². The first kappa shape index (κ1) is 21.2. The summed E-state index contributed by atoms with van der Waals surface area (Å²) in [5.41, 5.74) is 2.05. The summed E-state index contributed by atoms with van der Waals surface area (Å²) in [6, 6.07) is 10.0. The molecule has 0 bridgehead atoms. The van der Waals surface area contributed by atoms with Crippen molar-refractivity contribution in [1.82, 2.24) is 15.3 Å². The molecule has 5 nitrogen and oxygen atoms in total. The number of fused-ring (bicyclic) bond motifs is 1. The summed E-state index contributed by atoms with van der Waals surface area (Å²) in [7, 11) is 0.